The largest absolute Gasteiger partial charge is 0.394 e. The molecule has 4 rings (SSSR count). The zero-order chi connectivity index (χ0) is 17.9. The van der Waals surface area contributed by atoms with Gasteiger partial charge in [0.2, 0.25) is 0 Å². The quantitative estimate of drug-likeness (QED) is 0.911. The fraction of sp³-hybridized carbons (Fsp3) is 0.500. The predicted octanol–water partition coefficient (Wildman–Crippen LogP) is 2.22. The molecular formula is C20H25N3O3. The van der Waals surface area contributed by atoms with Crippen LogP contribution in [0.4, 0.5) is 0 Å². The van der Waals surface area contributed by atoms with Gasteiger partial charge in [0.05, 0.1) is 19.2 Å². The van der Waals surface area contributed by atoms with E-state index < -0.39 is 0 Å². The standard InChI is InChI=1S/C20H25N3O3/c24-14-17-7-3-4-9-23(17)20(25)19-11-18(26-21-19)13-22-10-8-15-5-1-2-6-16(15)12-22/h1-2,5-6,11,17,24H,3-4,7-10,12-14H2/t17-/m0/s1. The molecule has 138 valence electrons. The molecule has 1 aromatic heterocycles. The first-order valence-electron chi connectivity index (χ1n) is 9.41. The van der Waals surface area contributed by atoms with Gasteiger partial charge in [0.25, 0.3) is 5.91 Å². The lowest BCUT2D eigenvalue weighted by Crippen LogP contribution is -2.45. The van der Waals surface area contributed by atoms with Crippen molar-refractivity contribution in [2.24, 2.45) is 0 Å². The van der Waals surface area contributed by atoms with E-state index in [1.807, 2.05) is 0 Å². The van der Waals surface area contributed by atoms with Crippen molar-refractivity contribution >= 4 is 5.91 Å². The second-order valence-electron chi connectivity index (χ2n) is 7.24. The molecular weight excluding hydrogens is 330 g/mol. The van der Waals surface area contributed by atoms with Crippen LogP contribution in [0.2, 0.25) is 0 Å². The lowest BCUT2D eigenvalue weighted by atomic mass is 10.00. The first kappa shape index (κ1) is 17.2. The van der Waals surface area contributed by atoms with Crippen LogP contribution in [0.3, 0.4) is 0 Å². The third kappa shape index (κ3) is 3.52. The lowest BCUT2D eigenvalue weighted by Gasteiger charge is -2.33. The molecule has 1 saturated heterocycles. The second kappa shape index (κ2) is 7.60. The molecule has 0 bridgehead atoms. The van der Waals surface area contributed by atoms with Crippen LogP contribution >= 0.6 is 0 Å². The van der Waals surface area contributed by atoms with Crippen LogP contribution in [0.1, 0.15) is 46.6 Å². The Morgan fingerprint density at radius 2 is 2.08 bits per heavy atom. The first-order valence-corrected chi connectivity index (χ1v) is 9.41. The van der Waals surface area contributed by atoms with Crippen LogP contribution in [0.15, 0.2) is 34.9 Å². The molecule has 1 amide bonds. The number of nitrogens with zero attached hydrogens (tertiary/aromatic N) is 3. The highest BCUT2D eigenvalue weighted by atomic mass is 16.5. The summed E-state index contributed by atoms with van der Waals surface area (Å²) in [6, 6.07) is 10.2. The lowest BCUT2D eigenvalue weighted by molar-refractivity contribution is 0.0493. The number of hydrogen-bond donors (Lipinski definition) is 1. The molecule has 6 nitrogen and oxygen atoms in total. The highest BCUT2D eigenvalue weighted by Crippen LogP contribution is 2.22. The number of fused-ring (bicyclic) bond motifs is 1. The van der Waals surface area contributed by atoms with Crippen LogP contribution < -0.4 is 0 Å². The van der Waals surface area contributed by atoms with Gasteiger partial charge in [-0.1, -0.05) is 29.4 Å². The van der Waals surface area contributed by atoms with Crippen molar-refractivity contribution in [3.05, 3.63) is 52.9 Å². The molecule has 0 saturated carbocycles. The maximum Gasteiger partial charge on any atom is 0.276 e. The van der Waals surface area contributed by atoms with Gasteiger partial charge >= 0.3 is 0 Å². The van der Waals surface area contributed by atoms with E-state index in [0.29, 0.717) is 24.5 Å². The molecule has 0 spiro atoms. The number of aromatic nitrogens is 1. The first-order chi connectivity index (χ1) is 12.7. The fourth-order valence-electron chi connectivity index (χ4n) is 4.00. The average molecular weight is 355 g/mol. The molecule has 2 aliphatic heterocycles. The van der Waals surface area contributed by atoms with Crippen LogP contribution in [-0.4, -0.2) is 51.7 Å². The molecule has 0 radical (unpaired) electrons. The minimum atomic E-state index is -0.136. The zero-order valence-corrected chi connectivity index (χ0v) is 14.9. The summed E-state index contributed by atoms with van der Waals surface area (Å²) in [6.45, 7) is 3.19. The van der Waals surface area contributed by atoms with Crippen LogP contribution in [0, 0.1) is 0 Å². The summed E-state index contributed by atoms with van der Waals surface area (Å²) in [6.07, 6.45) is 3.90. The van der Waals surface area contributed by atoms with Crippen molar-refractivity contribution in [2.45, 2.75) is 44.8 Å². The number of likely N-dealkylation sites (tertiary alicyclic amines) is 1. The summed E-state index contributed by atoms with van der Waals surface area (Å²) >= 11 is 0. The van der Waals surface area contributed by atoms with E-state index in [9.17, 15) is 9.90 Å². The van der Waals surface area contributed by atoms with Gasteiger partial charge in [0, 0.05) is 25.7 Å². The third-order valence-electron chi connectivity index (χ3n) is 5.47. The normalized spacial score (nSPS) is 20.8. The number of hydrogen-bond acceptors (Lipinski definition) is 5. The van der Waals surface area contributed by atoms with Crippen molar-refractivity contribution in [1.82, 2.24) is 15.0 Å². The molecule has 1 fully saturated rings. The van der Waals surface area contributed by atoms with E-state index in [0.717, 1.165) is 38.8 Å². The molecule has 1 atom stereocenters. The summed E-state index contributed by atoms with van der Waals surface area (Å²) in [5.41, 5.74) is 3.11. The van der Waals surface area contributed by atoms with E-state index in [4.69, 9.17) is 4.52 Å². The number of rotatable bonds is 4. The van der Waals surface area contributed by atoms with Crippen molar-refractivity contribution in [3.63, 3.8) is 0 Å². The minimum Gasteiger partial charge on any atom is -0.394 e. The van der Waals surface area contributed by atoms with E-state index >= 15 is 0 Å². The fourth-order valence-corrected chi connectivity index (χ4v) is 4.00. The minimum absolute atomic E-state index is 0.00361. The van der Waals surface area contributed by atoms with E-state index in [2.05, 4.69) is 34.3 Å². The Labute approximate surface area is 153 Å². The topological polar surface area (TPSA) is 69.8 Å². The van der Waals surface area contributed by atoms with Gasteiger partial charge in [-0.05, 0) is 36.8 Å². The Morgan fingerprint density at radius 3 is 2.92 bits per heavy atom. The second-order valence-corrected chi connectivity index (χ2v) is 7.24. The van der Waals surface area contributed by atoms with Gasteiger partial charge in [-0.15, -0.1) is 0 Å². The summed E-state index contributed by atoms with van der Waals surface area (Å²) in [5.74, 6) is 0.577. The number of aliphatic hydroxyl groups is 1. The molecule has 0 unspecified atom stereocenters. The Kier molecular flexibility index (Phi) is 5.04. The maximum absolute atomic E-state index is 12.7. The molecule has 26 heavy (non-hydrogen) atoms. The number of amides is 1. The monoisotopic (exact) mass is 355 g/mol. The summed E-state index contributed by atoms with van der Waals surface area (Å²) < 4.78 is 5.43. The van der Waals surface area contributed by atoms with Crippen LogP contribution in [0.5, 0.6) is 0 Å². The Morgan fingerprint density at radius 1 is 1.23 bits per heavy atom. The molecule has 2 aliphatic rings. The summed E-state index contributed by atoms with van der Waals surface area (Å²) in [4.78, 5) is 16.8. The summed E-state index contributed by atoms with van der Waals surface area (Å²) in [7, 11) is 0. The van der Waals surface area contributed by atoms with E-state index in [-0.39, 0.29) is 18.6 Å². The van der Waals surface area contributed by atoms with Gasteiger partial charge in [-0.3, -0.25) is 9.69 Å². The Bertz CT molecular complexity index is 773. The van der Waals surface area contributed by atoms with Crippen molar-refractivity contribution < 1.29 is 14.4 Å². The molecule has 0 aliphatic carbocycles. The SMILES string of the molecule is O=C(c1cc(CN2CCc3ccccc3C2)on1)N1CCCC[C@H]1CO. The van der Waals surface area contributed by atoms with E-state index in [1.54, 1.807) is 11.0 Å². The molecule has 1 N–H and O–H groups in total. The van der Waals surface area contributed by atoms with Gasteiger partial charge in [0.15, 0.2) is 11.5 Å². The zero-order valence-electron chi connectivity index (χ0n) is 14.9. The van der Waals surface area contributed by atoms with Crippen molar-refractivity contribution in [1.29, 1.82) is 0 Å². The van der Waals surface area contributed by atoms with Crippen LogP contribution in [0.25, 0.3) is 0 Å². The van der Waals surface area contributed by atoms with Crippen LogP contribution in [-0.2, 0) is 19.5 Å². The van der Waals surface area contributed by atoms with Gasteiger partial charge < -0.3 is 14.5 Å². The van der Waals surface area contributed by atoms with E-state index in [1.165, 1.54) is 11.1 Å². The molecule has 1 aromatic carbocycles. The number of piperidine rings is 1. The van der Waals surface area contributed by atoms with Crippen molar-refractivity contribution in [3.8, 4) is 0 Å². The number of carbonyl (C=O) groups excluding carboxylic acids is 1. The van der Waals surface area contributed by atoms with Gasteiger partial charge in [0.1, 0.15) is 0 Å². The van der Waals surface area contributed by atoms with Gasteiger partial charge in [-0.25, -0.2) is 0 Å². The van der Waals surface area contributed by atoms with Gasteiger partial charge in [-0.2, -0.15) is 0 Å². The summed E-state index contributed by atoms with van der Waals surface area (Å²) in [5, 5.41) is 13.5. The molecule has 6 heteroatoms. The third-order valence-corrected chi connectivity index (χ3v) is 5.47. The molecule has 3 heterocycles. The number of carbonyl (C=O) groups is 1. The highest BCUT2D eigenvalue weighted by molar-refractivity contribution is 5.92. The predicted molar refractivity (Wildman–Crippen MR) is 96.5 cm³/mol. The number of benzene rings is 1. The Balaban J connectivity index is 1.41. The maximum atomic E-state index is 12.7. The highest BCUT2D eigenvalue weighted by Gasteiger charge is 2.29. The Hall–Kier alpha value is -2.18. The smallest absolute Gasteiger partial charge is 0.276 e. The van der Waals surface area contributed by atoms with Crippen molar-refractivity contribution in [2.75, 3.05) is 19.7 Å². The molecule has 2 aromatic rings. The average Bonchev–Trinajstić information content (AvgIpc) is 3.15. The number of aliphatic hydroxyl groups excluding tert-OH is 1.